The maximum atomic E-state index is 12.0. The quantitative estimate of drug-likeness (QED) is 0.452. The number of carbonyl (C=O) groups is 3. The summed E-state index contributed by atoms with van der Waals surface area (Å²) in [6.45, 7) is 0.359. The van der Waals surface area contributed by atoms with E-state index < -0.39 is 5.97 Å². The molecule has 0 aromatic heterocycles. The molecule has 1 heterocycles. The van der Waals surface area contributed by atoms with Crippen LogP contribution in [0.25, 0.3) is 0 Å². The fourth-order valence-electron chi connectivity index (χ4n) is 2.64. The molecule has 0 bridgehead atoms. The number of likely N-dealkylation sites (tertiary alicyclic amines) is 1. The Bertz CT molecular complexity index is 376. The van der Waals surface area contributed by atoms with Gasteiger partial charge < -0.3 is 5.11 Å². The van der Waals surface area contributed by atoms with E-state index in [2.05, 4.69) is 0 Å². The van der Waals surface area contributed by atoms with Crippen molar-refractivity contribution in [2.75, 3.05) is 6.54 Å². The van der Waals surface area contributed by atoms with Crippen molar-refractivity contribution in [3.63, 3.8) is 0 Å². The third kappa shape index (κ3) is 2.44. The highest BCUT2D eigenvalue weighted by molar-refractivity contribution is 6.05. The molecule has 1 N–H and O–H groups in total. The minimum absolute atomic E-state index is 0.0790. The number of allylic oxidation sites excluding steroid dienone is 2. The molecule has 2 unspecified atom stereocenters. The fourth-order valence-corrected chi connectivity index (χ4v) is 2.64. The molecular formula is C13H17NO4. The number of imide groups is 1. The van der Waals surface area contributed by atoms with E-state index in [9.17, 15) is 14.4 Å². The van der Waals surface area contributed by atoms with Crippen LogP contribution in [0.15, 0.2) is 12.2 Å². The molecule has 0 saturated carbocycles. The van der Waals surface area contributed by atoms with Gasteiger partial charge in [-0.1, -0.05) is 12.2 Å². The normalized spacial score (nSPS) is 26.6. The van der Waals surface area contributed by atoms with E-state index in [4.69, 9.17) is 5.11 Å². The molecule has 2 rings (SSSR count). The maximum Gasteiger partial charge on any atom is 0.303 e. The predicted octanol–water partition coefficient (Wildman–Crippen LogP) is 1.19. The number of rotatable bonds is 5. The van der Waals surface area contributed by atoms with E-state index in [1.54, 1.807) is 0 Å². The molecule has 5 heteroatoms. The van der Waals surface area contributed by atoms with Gasteiger partial charge >= 0.3 is 5.97 Å². The van der Waals surface area contributed by atoms with Gasteiger partial charge in [0, 0.05) is 13.0 Å². The van der Waals surface area contributed by atoms with Crippen LogP contribution >= 0.6 is 0 Å². The van der Waals surface area contributed by atoms with Crippen molar-refractivity contribution >= 4 is 17.8 Å². The Balaban J connectivity index is 1.88. The van der Waals surface area contributed by atoms with Crippen molar-refractivity contribution in [1.82, 2.24) is 4.90 Å². The van der Waals surface area contributed by atoms with Gasteiger partial charge in [-0.25, -0.2) is 0 Å². The number of nitrogens with zero attached hydrogens (tertiary/aromatic N) is 1. The number of amides is 2. The van der Waals surface area contributed by atoms with Gasteiger partial charge in [0.25, 0.3) is 0 Å². The molecule has 0 spiro atoms. The Labute approximate surface area is 105 Å². The number of carboxylic acid groups (broad SMARTS) is 1. The second-order valence-corrected chi connectivity index (χ2v) is 4.83. The van der Waals surface area contributed by atoms with Crippen LogP contribution in [0.4, 0.5) is 0 Å². The molecule has 2 amide bonds. The molecule has 1 aliphatic heterocycles. The Kier molecular flexibility index (Phi) is 3.79. The van der Waals surface area contributed by atoms with Gasteiger partial charge in [0.15, 0.2) is 0 Å². The summed E-state index contributed by atoms with van der Waals surface area (Å²) >= 11 is 0. The number of unbranched alkanes of at least 4 members (excludes halogenated alkanes) is 1. The van der Waals surface area contributed by atoms with Gasteiger partial charge in [-0.05, 0) is 25.7 Å². The average Bonchev–Trinajstić information content (AvgIpc) is 2.59. The van der Waals surface area contributed by atoms with Crippen LogP contribution in [0.3, 0.4) is 0 Å². The number of aliphatic carboxylic acids is 1. The first-order valence-electron chi connectivity index (χ1n) is 6.33. The van der Waals surface area contributed by atoms with Crippen molar-refractivity contribution in [2.24, 2.45) is 11.8 Å². The van der Waals surface area contributed by atoms with Crippen LogP contribution in [0, 0.1) is 11.8 Å². The summed E-state index contributed by atoms with van der Waals surface area (Å²) in [4.78, 5) is 35.8. The van der Waals surface area contributed by atoms with Crippen LogP contribution < -0.4 is 0 Å². The van der Waals surface area contributed by atoms with Gasteiger partial charge in [0.2, 0.25) is 11.8 Å². The molecule has 1 fully saturated rings. The predicted molar refractivity (Wildman–Crippen MR) is 63.6 cm³/mol. The smallest absolute Gasteiger partial charge is 0.303 e. The molecule has 1 aliphatic carbocycles. The number of hydrogen-bond donors (Lipinski definition) is 1. The van der Waals surface area contributed by atoms with Crippen molar-refractivity contribution in [3.8, 4) is 0 Å². The Hall–Kier alpha value is -1.65. The third-order valence-corrected chi connectivity index (χ3v) is 3.62. The number of hydrogen-bond acceptors (Lipinski definition) is 3. The Morgan fingerprint density at radius 1 is 1.17 bits per heavy atom. The van der Waals surface area contributed by atoms with E-state index in [1.165, 1.54) is 4.90 Å². The Morgan fingerprint density at radius 2 is 1.72 bits per heavy atom. The average molecular weight is 251 g/mol. The SMILES string of the molecule is O=C(O)CCCCN1C(=O)C2CC=CCC2C1=O. The minimum atomic E-state index is -0.841. The van der Waals surface area contributed by atoms with Crippen molar-refractivity contribution in [1.29, 1.82) is 0 Å². The standard InChI is InChI=1S/C13H17NO4/c15-11(16)7-3-4-8-14-12(17)9-5-1-2-6-10(9)13(14)18/h1-2,9-10H,3-8H2,(H,15,16). The fraction of sp³-hybridized carbons (Fsp3) is 0.615. The Morgan fingerprint density at radius 3 is 2.22 bits per heavy atom. The summed E-state index contributed by atoms with van der Waals surface area (Å²) in [6.07, 6.45) is 6.38. The summed E-state index contributed by atoms with van der Waals surface area (Å²) in [5.41, 5.74) is 0. The highest BCUT2D eigenvalue weighted by atomic mass is 16.4. The van der Waals surface area contributed by atoms with Gasteiger partial charge in [-0.15, -0.1) is 0 Å². The molecule has 2 atom stereocenters. The van der Waals surface area contributed by atoms with Crippen molar-refractivity contribution in [3.05, 3.63) is 12.2 Å². The molecule has 0 radical (unpaired) electrons. The van der Waals surface area contributed by atoms with Gasteiger partial charge in [-0.2, -0.15) is 0 Å². The van der Waals surface area contributed by atoms with E-state index in [0.717, 1.165) is 0 Å². The first-order valence-corrected chi connectivity index (χ1v) is 6.33. The highest BCUT2D eigenvalue weighted by Crippen LogP contribution is 2.35. The van der Waals surface area contributed by atoms with Gasteiger partial charge in [0.05, 0.1) is 11.8 Å². The second kappa shape index (κ2) is 5.33. The molecule has 18 heavy (non-hydrogen) atoms. The zero-order valence-corrected chi connectivity index (χ0v) is 10.2. The van der Waals surface area contributed by atoms with Crippen molar-refractivity contribution < 1.29 is 19.5 Å². The summed E-state index contributed by atoms with van der Waals surface area (Å²) in [5.74, 6) is -1.36. The minimum Gasteiger partial charge on any atom is -0.481 e. The molecule has 2 aliphatic rings. The maximum absolute atomic E-state index is 12.0. The summed E-state index contributed by atoms with van der Waals surface area (Å²) in [7, 11) is 0. The lowest BCUT2D eigenvalue weighted by atomic mass is 9.85. The third-order valence-electron chi connectivity index (χ3n) is 3.62. The monoisotopic (exact) mass is 251 g/mol. The summed E-state index contributed by atoms with van der Waals surface area (Å²) in [6, 6.07) is 0. The first-order chi connectivity index (χ1) is 8.61. The lowest BCUT2D eigenvalue weighted by Crippen LogP contribution is -2.32. The van der Waals surface area contributed by atoms with Crippen LogP contribution in [0.1, 0.15) is 32.1 Å². The van der Waals surface area contributed by atoms with Crippen LogP contribution in [0.2, 0.25) is 0 Å². The lowest BCUT2D eigenvalue weighted by Gasteiger charge is -2.14. The zero-order chi connectivity index (χ0) is 13.1. The molecule has 98 valence electrons. The van der Waals surface area contributed by atoms with Gasteiger partial charge in [-0.3, -0.25) is 19.3 Å². The summed E-state index contributed by atoms with van der Waals surface area (Å²) in [5, 5.41) is 8.52. The molecule has 1 saturated heterocycles. The zero-order valence-electron chi connectivity index (χ0n) is 10.2. The highest BCUT2D eigenvalue weighted by Gasteiger charge is 2.46. The number of carboxylic acids is 1. The van der Waals surface area contributed by atoms with Crippen LogP contribution in [-0.2, 0) is 14.4 Å². The lowest BCUT2D eigenvalue weighted by molar-refractivity contribution is -0.139. The molecule has 0 aromatic carbocycles. The number of carbonyl (C=O) groups excluding carboxylic acids is 2. The second-order valence-electron chi connectivity index (χ2n) is 4.83. The molecular weight excluding hydrogens is 234 g/mol. The molecule has 5 nitrogen and oxygen atoms in total. The molecule has 0 aromatic rings. The van der Waals surface area contributed by atoms with Crippen molar-refractivity contribution in [2.45, 2.75) is 32.1 Å². The van der Waals surface area contributed by atoms with Crippen LogP contribution in [0.5, 0.6) is 0 Å². The van der Waals surface area contributed by atoms with Gasteiger partial charge in [0.1, 0.15) is 0 Å². The van der Waals surface area contributed by atoms with E-state index >= 15 is 0 Å². The van der Waals surface area contributed by atoms with E-state index in [0.29, 0.717) is 32.2 Å². The topological polar surface area (TPSA) is 74.7 Å². The van der Waals surface area contributed by atoms with Crippen LogP contribution in [-0.4, -0.2) is 34.3 Å². The van der Waals surface area contributed by atoms with E-state index in [1.807, 2.05) is 12.2 Å². The summed E-state index contributed by atoms with van der Waals surface area (Å²) < 4.78 is 0. The number of fused-ring (bicyclic) bond motifs is 1. The largest absolute Gasteiger partial charge is 0.481 e. The first kappa shape index (κ1) is 12.8. The van der Waals surface area contributed by atoms with E-state index in [-0.39, 0.29) is 30.1 Å².